The molecule has 0 atom stereocenters. The highest BCUT2D eigenvalue weighted by atomic mass is 79.9. The lowest BCUT2D eigenvalue weighted by molar-refractivity contribution is 0.807. The number of hydrogen-bond acceptors (Lipinski definition) is 2. The molecule has 94 valence electrons. The Morgan fingerprint density at radius 2 is 1.94 bits per heavy atom. The molecule has 18 heavy (non-hydrogen) atoms. The smallest absolute Gasteiger partial charge is 0.143 e. The molecule has 0 fully saturated rings. The minimum absolute atomic E-state index is 0.888. The van der Waals surface area contributed by atoms with Crippen LogP contribution in [0, 0.1) is 6.92 Å². The zero-order valence-corrected chi connectivity index (χ0v) is 12.3. The summed E-state index contributed by atoms with van der Waals surface area (Å²) >= 11 is 3.57. The number of anilines is 1. The van der Waals surface area contributed by atoms with Crippen molar-refractivity contribution in [3.05, 3.63) is 58.2 Å². The van der Waals surface area contributed by atoms with Crippen LogP contribution in [0.25, 0.3) is 0 Å². The first-order chi connectivity index (χ1) is 8.72. The standard InChI is InChI=1S/C15H17BrN2/c1-3-18(15-14(16)9-6-10-17-15)11-13-8-5-4-7-12(13)2/h4-10H,3,11H2,1-2H3. The van der Waals surface area contributed by atoms with Gasteiger partial charge < -0.3 is 4.90 Å². The van der Waals surface area contributed by atoms with E-state index in [4.69, 9.17) is 0 Å². The average Bonchev–Trinajstić information content (AvgIpc) is 2.39. The second-order valence-corrected chi connectivity index (χ2v) is 5.10. The predicted molar refractivity (Wildman–Crippen MR) is 79.8 cm³/mol. The van der Waals surface area contributed by atoms with Gasteiger partial charge in [0.05, 0.1) is 4.47 Å². The highest BCUT2D eigenvalue weighted by molar-refractivity contribution is 9.10. The molecule has 1 heterocycles. The van der Waals surface area contributed by atoms with E-state index in [2.05, 4.69) is 63.9 Å². The quantitative estimate of drug-likeness (QED) is 0.842. The molecule has 2 nitrogen and oxygen atoms in total. The van der Waals surface area contributed by atoms with Crippen LogP contribution in [-0.2, 0) is 6.54 Å². The minimum atomic E-state index is 0.888. The number of pyridine rings is 1. The van der Waals surface area contributed by atoms with Crippen LogP contribution in [0.15, 0.2) is 47.1 Å². The molecule has 0 amide bonds. The van der Waals surface area contributed by atoms with Gasteiger partial charge in [0.15, 0.2) is 0 Å². The monoisotopic (exact) mass is 304 g/mol. The van der Waals surface area contributed by atoms with Crippen LogP contribution in [0.2, 0.25) is 0 Å². The number of halogens is 1. The maximum atomic E-state index is 4.45. The van der Waals surface area contributed by atoms with Crippen LogP contribution in [0.1, 0.15) is 18.1 Å². The predicted octanol–water partition coefficient (Wildman–Crippen LogP) is 4.18. The fourth-order valence-corrected chi connectivity index (χ4v) is 2.45. The molecule has 3 heteroatoms. The van der Waals surface area contributed by atoms with Crippen molar-refractivity contribution in [2.24, 2.45) is 0 Å². The lowest BCUT2D eigenvalue weighted by atomic mass is 10.1. The van der Waals surface area contributed by atoms with Gasteiger partial charge in [-0.15, -0.1) is 0 Å². The van der Waals surface area contributed by atoms with Gasteiger partial charge in [-0.05, 0) is 53.0 Å². The van der Waals surface area contributed by atoms with Gasteiger partial charge in [0.1, 0.15) is 5.82 Å². The van der Waals surface area contributed by atoms with Crippen LogP contribution in [0.4, 0.5) is 5.82 Å². The summed E-state index contributed by atoms with van der Waals surface area (Å²) < 4.78 is 1.04. The summed E-state index contributed by atoms with van der Waals surface area (Å²) in [6.45, 7) is 6.12. The molecule has 0 N–H and O–H groups in total. The largest absolute Gasteiger partial charge is 0.352 e. The highest BCUT2D eigenvalue weighted by Gasteiger charge is 2.10. The molecule has 2 rings (SSSR count). The molecular formula is C15H17BrN2. The molecule has 0 spiro atoms. The van der Waals surface area contributed by atoms with E-state index in [0.29, 0.717) is 0 Å². The van der Waals surface area contributed by atoms with Crippen molar-refractivity contribution < 1.29 is 0 Å². The minimum Gasteiger partial charge on any atom is -0.352 e. The number of benzene rings is 1. The summed E-state index contributed by atoms with van der Waals surface area (Å²) in [6, 6.07) is 12.5. The Hall–Kier alpha value is -1.35. The van der Waals surface area contributed by atoms with Crippen molar-refractivity contribution in [1.82, 2.24) is 4.98 Å². The van der Waals surface area contributed by atoms with Gasteiger partial charge in [0.2, 0.25) is 0 Å². The third-order valence-electron chi connectivity index (χ3n) is 3.04. The van der Waals surface area contributed by atoms with E-state index in [-0.39, 0.29) is 0 Å². The molecule has 0 aliphatic carbocycles. The lowest BCUT2D eigenvalue weighted by Gasteiger charge is -2.23. The van der Waals surface area contributed by atoms with E-state index in [1.54, 1.807) is 0 Å². The number of aryl methyl sites for hydroxylation is 1. The van der Waals surface area contributed by atoms with Crippen molar-refractivity contribution in [2.75, 3.05) is 11.4 Å². The summed E-state index contributed by atoms with van der Waals surface area (Å²) in [4.78, 5) is 6.72. The van der Waals surface area contributed by atoms with Crippen molar-refractivity contribution in [3.8, 4) is 0 Å². The Bertz CT molecular complexity index is 525. The number of hydrogen-bond donors (Lipinski definition) is 0. The van der Waals surface area contributed by atoms with Gasteiger partial charge >= 0.3 is 0 Å². The normalized spacial score (nSPS) is 10.4. The fraction of sp³-hybridized carbons (Fsp3) is 0.267. The lowest BCUT2D eigenvalue weighted by Crippen LogP contribution is -2.23. The third-order valence-corrected chi connectivity index (χ3v) is 3.66. The Morgan fingerprint density at radius 1 is 1.17 bits per heavy atom. The summed E-state index contributed by atoms with van der Waals surface area (Å²) in [6.07, 6.45) is 1.83. The summed E-state index contributed by atoms with van der Waals surface area (Å²) in [5.41, 5.74) is 2.67. The molecule has 0 aliphatic heterocycles. The van der Waals surface area contributed by atoms with Gasteiger partial charge in [-0.2, -0.15) is 0 Å². The van der Waals surface area contributed by atoms with E-state index in [1.165, 1.54) is 11.1 Å². The van der Waals surface area contributed by atoms with Crippen LogP contribution in [0.3, 0.4) is 0 Å². The molecule has 1 aromatic carbocycles. The maximum absolute atomic E-state index is 4.45. The molecular weight excluding hydrogens is 288 g/mol. The van der Waals surface area contributed by atoms with Gasteiger partial charge in [-0.25, -0.2) is 4.98 Å². The Labute approximate surface area is 117 Å². The highest BCUT2D eigenvalue weighted by Crippen LogP contribution is 2.24. The number of nitrogens with zero attached hydrogens (tertiary/aromatic N) is 2. The topological polar surface area (TPSA) is 16.1 Å². The first-order valence-corrected chi connectivity index (χ1v) is 6.91. The van der Waals surface area contributed by atoms with Gasteiger partial charge in [-0.1, -0.05) is 24.3 Å². The van der Waals surface area contributed by atoms with E-state index in [1.807, 2.05) is 18.3 Å². The molecule has 0 radical (unpaired) electrons. The average molecular weight is 305 g/mol. The van der Waals surface area contributed by atoms with E-state index >= 15 is 0 Å². The van der Waals surface area contributed by atoms with Crippen molar-refractivity contribution in [3.63, 3.8) is 0 Å². The first-order valence-electron chi connectivity index (χ1n) is 6.12. The van der Waals surface area contributed by atoms with Crippen molar-refractivity contribution >= 4 is 21.7 Å². The van der Waals surface area contributed by atoms with Gasteiger partial charge in [-0.3, -0.25) is 0 Å². The van der Waals surface area contributed by atoms with Crippen LogP contribution in [0.5, 0.6) is 0 Å². The fourth-order valence-electron chi connectivity index (χ4n) is 1.94. The SMILES string of the molecule is CCN(Cc1ccccc1C)c1ncccc1Br. The maximum Gasteiger partial charge on any atom is 0.143 e. The number of aromatic nitrogens is 1. The van der Waals surface area contributed by atoms with Crippen LogP contribution < -0.4 is 4.90 Å². The molecule has 0 unspecified atom stereocenters. The molecule has 0 saturated carbocycles. The molecule has 0 saturated heterocycles. The zero-order chi connectivity index (χ0) is 13.0. The molecule has 0 aliphatic rings. The second-order valence-electron chi connectivity index (χ2n) is 4.25. The molecule has 2 aromatic rings. The van der Waals surface area contributed by atoms with Gasteiger partial charge in [0, 0.05) is 19.3 Å². The van der Waals surface area contributed by atoms with E-state index in [9.17, 15) is 0 Å². The zero-order valence-electron chi connectivity index (χ0n) is 10.7. The molecule has 0 bridgehead atoms. The summed E-state index contributed by atoms with van der Waals surface area (Å²) in [5.74, 6) is 1.00. The third kappa shape index (κ3) is 2.91. The summed E-state index contributed by atoms with van der Waals surface area (Å²) in [7, 11) is 0. The second kappa shape index (κ2) is 6.01. The van der Waals surface area contributed by atoms with Crippen LogP contribution >= 0.6 is 15.9 Å². The van der Waals surface area contributed by atoms with Crippen molar-refractivity contribution in [1.29, 1.82) is 0 Å². The Morgan fingerprint density at radius 3 is 2.61 bits per heavy atom. The Kier molecular flexibility index (Phi) is 4.37. The number of rotatable bonds is 4. The summed E-state index contributed by atoms with van der Waals surface area (Å²) in [5, 5.41) is 0. The Balaban J connectivity index is 2.26. The molecule has 1 aromatic heterocycles. The van der Waals surface area contributed by atoms with Crippen molar-refractivity contribution in [2.45, 2.75) is 20.4 Å². The van der Waals surface area contributed by atoms with E-state index in [0.717, 1.165) is 23.4 Å². The van der Waals surface area contributed by atoms with Gasteiger partial charge in [0.25, 0.3) is 0 Å². The first kappa shape index (κ1) is 13.1. The van der Waals surface area contributed by atoms with E-state index < -0.39 is 0 Å². The van der Waals surface area contributed by atoms with Crippen LogP contribution in [-0.4, -0.2) is 11.5 Å².